The number of imidazole rings is 1. The second-order valence-electron chi connectivity index (χ2n) is 4.80. The first-order chi connectivity index (χ1) is 10.1. The van der Waals surface area contributed by atoms with Crippen molar-refractivity contribution in [1.29, 1.82) is 0 Å². The Morgan fingerprint density at radius 3 is 2.90 bits per heavy atom. The second-order valence-corrected chi connectivity index (χ2v) is 6.00. The quantitative estimate of drug-likeness (QED) is 0.804. The van der Waals surface area contributed by atoms with Crippen molar-refractivity contribution >= 4 is 28.3 Å². The molecule has 0 aliphatic carbocycles. The lowest BCUT2D eigenvalue weighted by molar-refractivity contribution is 0.0699. The number of hydrogen-bond acceptors (Lipinski definition) is 4. The van der Waals surface area contributed by atoms with Crippen molar-refractivity contribution in [2.75, 3.05) is 0 Å². The number of aromatic nitrogens is 3. The van der Waals surface area contributed by atoms with E-state index in [0.717, 1.165) is 22.8 Å². The molecule has 2 heterocycles. The molecule has 0 fully saturated rings. The van der Waals surface area contributed by atoms with Crippen LogP contribution in [0.1, 0.15) is 33.0 Å². The Balaban J connectivity index is 2.08. The summed E-state index contributed by atoms with van der Waals surface area (Å²) in [5.74, 6) is -0.153. The summed E-state index contributed by atoms with van der Waals surface area (Å²) < 4.78 is 2.01. The number of nitrogens with zero attached hydrogens (tertiary/aromatic N) is 3. The number of aromatic carboxylic acids is 1. The number of carboxylic acid groups (broad SMARTS) is 1. The minimum absolute atomic E-state index is 0.239. The fourth-order valence-electron chi connectivity index (χ4n) is 2.36. The molecule has 0 bridgehead atoms. The molecule has 0 saturated heterocycles. The Morgan fingerprint density at radius 1 is 1.43 bits per heavy atom. The molecule has 6 heteroatoms. The van der Waals surface area contributed by atoms with E-state index in [0.29, 0.717) is 12.1 Å². The van der Waals surface area contributed by atoms with Gasteiger partial charge in [-0.1, -0.05) is 13.0 Å². The van der Waals surface area contributed by atoms with Crippen LogP contribution in [0.4, 0.5) is 0 Å². The molecule has 0 amide bonds. The van der Waals surface area contributed by atoms with Gasteiger partial charge in [0.05, 0.1) is 17.6 Å². The predicted molar refractivity (Wildman–Crippen MR) is 82.0 cm³/mol. The van der Waals surface area contributed by atoms with Crippen LogP contribution in [-0.4, -0.2) is 25.6 Å². The number of fused-ring (bicyclic) bond motifs is 1. The molecule has 0 radical (unpaired) electrons. The average Bonchev–Trinajstić information content (AvgIpc) is 3.04. The summed E-state index contributed by atoms with van der Waals surface area (Å²) >= 11 is 1.68. The molecule has 2 aromatic heterocycles. The van der Waals surface area contributed by atoms with E-state index in [4.69, 9.17) is 0 Å². The van der Waals surface area contributed by atoms with Crippen LogP contribution >= 0.6 is 11.3 Å². The third kappa shape index (κ3) is 2.42. The molecule has 21 heavy (non-hydrogen) atoms. The third-order valence-corrected chi connectivity index (χ3v) is 4.57. The van der Waals surface area contributed by atoms with Crippen LogP contribution in [0, 0.1) is 6.92 Å². The minimum atomic E-state index is -0.951. The Kier molecular flexibility index (Phi) is 3.47. The Labute approximate surface area is 125 Å². The van der Waals surface area contributed by atoms with Gasteiger partial charge in [0.1, 0.15) is 16.3 Å². The number of aryl methyl sites for hydroxylation is 2. The summed E-state index contributed by atoms with van der Waals surface area (Å²) in [4.78, 5) is 21.4. The summed E-state index contributed by atoms with van der Waals surface area (Å²) in [6, 6.07) is 5.23. The molecule has 1 N–H and O–H groups in total. The van der Waals surface area contributed by atoms with Crippen LogP contribution in [0.3, 0.4) is 0 Å². The Hall–Kier alpha value is -2.21. The van der Waals surface area contributed by atoms with E-state index in [1.54, 1.807) is 23.5 Å². The summed E-state index contributed by atoms with van der Waals surface area (Å²) in [6.07, 6.45) is 2.88. The number of carbonyl (C=O) groups is 1. The smallest absolute Gasteiger partial charge is 0.337 e. The van der Waals surface area contributed by atoms with Gasteiger partial charge in [-0.05, 0) is 25.5 Å². The Morgan fingerprint density at radius 2 is 2.24 bits per heavy atom. The molecule has 108 valence electrons. The normalized spacial score (nSPS) is 11.1. The summed E-state index contributed by atoms with van der Waals surface area (Å²) in [5.41, 5.74) is 1.61. The predicted octanol–water partition coefficient (Wildman–Crippen LogP) is 3.11. The van der Waals surface area contributed by atoms with E-state index in [2.05, 4.69) is 16.9 Å². The lowest BCUT2D eigenvalue weighted by Gasteiger charge is -2.04. The average molecular weight is 301 g/mol. The van der Waals surface area contributed by atoms with Gasteiger partial charge in [-0.2, -0.15) is 0 Å². The fraction of sp³-hybridized carbons (Fsp3) is 0.267. The van der Waals surface area contributed by atoms with Crippen molar-refractivity contribution in [3.05, 3.63) is 45.7 Å². The Bertz CT molecular complexity index is 820. The molecule has 3 aromatic rings. The van der Waals surface area contributed by atoms with E-state index in [1.165, 1.54) is 4.88 Å². The van der Waals surface area contributed by atoms with Gasteiger partial charge in [-0.25, -0.2) is 14.8 Å². The highest BCUT2D eigenvalue weighted by Gasteiger charge is 2.15. The standard InChI is InChI=1S/C15H15N3O2S/c1-3-10-7-16-13(21-10)8-18-9(2)17-14-11(15(19)20)5-4-6-12(14)18/h4-7H,3,8H2,1-2H3,(H,19,20). The van der Waals surface area contributed by atoms with E-state index in [-0.39, 0.29) is 5.56 Å². The topological polar surface area (TPSA) is 68.0 Å². The van der Waals surface area contributed by atoms with E-state index in [1.807, 2.05) is 23.8 Å². The number of thiazole rings is 1. The zero-order valence-corrected chi connectivity index (χ0v) is 12.6. The number of benzene rings is 1. The van der Waals surface area contributed by atoms with Crippen molar-refractivity contribution in [1.82, 2.24) is 14.5 Å². The fourth-order valence-corrected chi connectivity index (χ4v) is 3.21. The largest absolute Gasteiger partial charge is 0.478 e. The molecule has 0 aliphatic rings. The van der Waals surface area contributed by atoms with E-state index >= 15 is 0 Å². The molecule has 1 aromatic carbocycles. The van der Waals surface area contributed by atoms with Gasteiger partial charge in [-0.15, -0.1) is 11.3 Å². The number of carboxylic acids is 1. The monoisotopic (exact) mass is 301 g/mol. The van der Waals surface area contributed by atoms with Gasteiger partial charge < -0.3 is 9.67 Å². The van der Waals surface area contributed by atoms with Crippen molar-refractivity contribution in [3.63, 3.8) is 0 Å². The molecule has 0 spiro atoms. The summed E-state index contributed by atoms with van der Waals surface area (Å²) in [7, 11) is 0. The second kappa shape index (κ2) is 5.29. The van der Waals surface area contributed by atoms with Crippen molar-refractivity contribution in [2.45, 2.75) is 26.8 Å². The molecule has 3 rings (SSSR count). The first-order valence-corrected chi connectivity index (χ1v) is 7.54. The van der Waals surface area contributed by atoms with Crippen LogP contribution in [0.15, 0.2) is 24.4 Å². The number of para-hydroxylation sites is 1. The molecule has 0 aliphatic heterocycles. The SMILES string of the molecule is CCc1cnc(Cn2c(C)nc3c(C(=O)O)cccc32)s1. The molecular weight excluding hydrogens is 286 g/mol. The van der Waals surface area contributed by atoms with Crippen molar-refractivity contribution in [2.24, 2.45) is 0 Å². The van der Waals surface area contributed by atoms with Crippen molar-refractivity contribution < 1.29 is 9.90 Å². The molecule has 0 atom stereocenters. The molecule has 0 unspecified atom stereocenters. The number of rotatable bonds is 4. The van der Waals surface area contributed by atoms with Gasteiger partial charge in [-0.3, -0.25) is 0 Å². The maximum Gasteiger partial charge on any atom is 0.337 e. The molecule has 0 saturated carbocycles. The minimum Gasteiger partial charge on any atom is -0.478 e. The van der Waals surface area contributed by atoms with Gasteiger partial charge >= 0.3 is 5.97 Å². The van der Waals surface area contributed by atoms with Crippen LogP contribution in [-0.2, 0) is 13.0 Å². The maximum atomic E-state index is 11.3. The van der Waals surface area contributed by atoms with Crippen LogP contribution < -0.4 is 0 Å². The number of hydrogen-bond donors (Lipinski definition) is 1. The first kappa shape index (κ1) is 13.8. The highest BCUT2D eigenvalue weighted by Crippen LogP contribution is 2.23. The van der Waals surface area contributed by atoms with E-state index in [9.17, 15) is 9.90 Å². The highest BCUT2D eigenvalue weighted by molar-refractivity contribution is 7.11. The summed E-state index contributed by atoms with van der Waals surface area (Å²) in [6.45, 7) is 4.62. The molecular formula is C15H15N3O2S. The van der Waals surface area contributed by atoms with Crippen LogP contribution in [0.5, 0.6) is 0 Å². The van der Waals surface area contributed by atoms with Gasteiger partial charge in [0, 0.05) is 11.1 Å². The highest BCUT2D eigenvalue weighted by atomic mass is 32.1. The first-order valence-electron chi connectivity index (χ1n) is 6.73. The lowest BCUT2D eigenvalue weighted by Crippen LogP contribution is -2.02. The zero-order chi connectivity index (χ0) is 15.0. The van der Waals surface area contributed by atoms with Gasteiger partial charge in [0.15, 0.2) is 0 Å². The molecule has 5 nitrogen and oxygen atoms in total. The summed E-state index contributed by atoms with van der Waals surface area (Å²) in [5, 5.41) is 10.3. The third-order valence-electron chi connectivity index (χ3n) is 3.44. The van der Waals surface area contributed by atoms with E-state index < -0.39 is 5.97 Å². The van der Waals surface area contributed by atoms with Crippen molar-refractivity contribution in [3.8, 4) is 0 Å². The zero-order valence-electron chi connectivity index (χ0n) is 11.8. The van der Waals surface area contributed by atoms with Crippen LogP contribution in [0.2, 0.25) is 0 Å². The maximum absolute atomic E-state index is 11.3. The van der Waals surface area contributed by atoms with Crippen LogP contribution in [0.25, 0.3) is 11.0 Å². The van der Waals surface area contributed by atoms with Gasteiger partial charge in [0.2, 0.25) is 0 Å². The lowest BCUT2D eigenvalue weighted by atomic mass is 10.2. The van der Waals surface area contributed by atoms with Gasteiger partial charge in [0.25, 0.3) is 0 Å².